The maximum atomic E-state index is 5.59. The van der Waals surface area contributed by atoms with Crippen LogP contribution in [0.25, 0.3) is 0 Å². The van der Waals surface area contributed by atoms with E-state index in [4.69, 9.17) is 5.73 Å². The molecular formula is C9H9BrN4S. The van der Waals surface area contributed by atoms with Gasteiger partial charge in [0, 0.05) is 11.6 Å². The minimum atomic E-state index is 0.640. The first-order valence-electron chi connectivity index (χ1n) is 4.29. The number of pyridine rings is 1. The first-order chi connectivity index (χ1) is 7.25. The number of aromatic nitrogens is 2. The molecule has 0 unspecified atom stereocenters. The molecule has 0 saturated heterocycles. The van der Waals surface area contributed by atoms with Gasteiger partial charge in [0.05, 0.1) is 22.9 Å². The van der Waals surface area contributed by atoms with Crippen molar-refractivity contribution in [3.63, 3.8) is 0 Å². The van der Waals surface area contributed by atoms with Crippen molar-refractivity contribution in [2.24, 2.45) is 0 Å². The number of anilines is 2. The maximum absolute atomic E-state index is 5.59. The van der Waals surface area contributed by atoms with Crippen LogP contribution in [0.2, 0.25) is 0 Å². The van der Waals surface area contributed by atoms with Gasteiger partial charge in [0.15, 0.2) is 0 Å². The largest absolute Gasteiger partial charge is 0.397 e. The van der Waals surface area contributed by atoms with Gasteiger partial charge in [0.25, 0.3) is 0 Å². The predicted molar refractivity (Wildman–Crippen MR) is 65.8 cm³/mol. The van der Waals surface area contributed by atoms with Gasteiger partial charge in [-0.05, 0) is 22.0 Å². The summed E-state index contributed by atoms with van der Waals surface area (Å²) >= 11 is 5.00. The fourth-order valence-electron chi connectivity index (χ4n) is 1.08. The van der Waals surface area contributed by atoms with Crippen LogP contribution >= 0.6 is 27.3 Å². The summed E-state index contributed by atoms with van der Waals surface area (Å²) in [5.41, 5.74) is 6.23. The Kier molecular flexibility index (Phi) is 3.17. The highest BCUT2D eigenvalue weighted by Gasteiger charge is 2.02. The van der Waals surface area contributed by atoms with Gasteiger partial charge in [0.1, 0.15) is 10.8 Å². The summed E-state index contributed by atoms with van der Waals surface area (Å²) in [6.07, 6.45) is 3.40. The molecule has 0 bridgehead atoms. The zero-order valence-electron chi connectivity index (χ0n) is 7.77. The Bertz CT molecular complexity index is 443. The summed E-state index contributed by atoms with van der Waals surface area (Å²) in [5.74, 6) is 0.777. The number of hydrogen-bond donors (Lipinski definition) is 2. The molecular weight excluding hydrogens is 276 g/mol. The highest BCUT2D eigenvalue weighted by atomic mass is 79.9. The number of thiazole rings is 1. The zero-order chi connectivity index (χ0) is 10.7. The minimum Gasteiger partial charge on any atom is -0.397 e. The number of halogens is 1. The number of hydrogen-bond acceptors (Lipinski definition) is 5. The Morgan fingerprint density at radius 3 is 3.00 bits per heavy atom. The second-order valence-corrected chi connectivity index (χ2v) is 4.71. The van der Waals surface area contributed by atoms with Crippen molar-refractivity contribution in [3.05, 3.63) is 33.3 Å². The van der Waals surface area contributed by atoms with Gasteiger partial charge < -0.3 is 11.1 Å². The lowest BCUT2D eigenvalue weighted by atomic mass is 10.4. The molecule has 2 aromatic heterocycles. The number of nitrogens with two attached hydrogens (primary N) is 1. The molecule has 2 aromatic rings. The molecule has 4 nitrogen and oxygen atoms in total. The van der Waals surface area contributed by atoms with Crippen molar-refractivity contribution in [1.29, 1.82) is 0 Å². The minimum absolute atomic E-state index is 0.640. The lowest BCUT2D eigenvalue weighted by molar-refractivity contribution is 1.07. The van der Waals surface area contributed by atoms with Crippen molar-refractivity contribution >= 4 is 38.8 Å². The fraction of sp³-hybridized carbons (Fsp3) is 0.111. The summed E-state index contributed by atoms with van der Waals surface area (Å²) in [5, 5.41) is 6.15. The summed E-state index contributed by atoms with van der Waals surface area (Å²) in [6.45, 7) is 0.674. The predicted octanol–water partition coefficient (Wildman–Crippen LogP) is 2.49. The Hall–Kier alpha value is -1.14. The van der Waals surface area contributed by atoms with Gasteiger partial charge in [-0.3, -0.25) is 0 Å². The van der Waals surface area contributed by atoms with Crippen LogP contribution < -0.4 is 11.1 Å². The van der Waals surface area contributed by atoms with Crippen LogP contribution in [0.3, 0.4) is 0 Å². The smallest absolute Gasteiger partial charge is 0.140 e. The number of rotatable bonds is 3. The van der Waals surface area contributed by atoms with Gasteiger partial charge in [-0.15, -0.1) is 11.3 Å². The maximum Gasteiger partial charge on any atom is 0.140 e. The average molecular weight is 285 g/mol. The van der Waals surface area contributed by atoms with Crippen LogP contribution in [0.5, 0.6) is 0 Å². The van der Waals surface area contributed by atoms with Gasteiger partial charge in [-0.25, -0.2) is 9.97 Å². The number of nitrogens with one attached hydrogen (secondary N) is 1. The van der Waals surface area contributed by atoms with Crippen molar-refractivity contribution in [2.45, 2.75) is 6.54 Å². The lowest BCUT2D eigenvalue weighted by Gasteiger charge is -2.05. The molecule has 0 saturated carbocycles. The summed E-state index contributed by atoms with van der Waals surface area (Å²) in [7, 11) is 0. The Labute approximate surface area is 99.7 Å². The Morgan fingerprint density at radius 1 is 1.47 bits per heavy atom. The number of nitrogens with zero attached hydrogens (tertiary/aromatic N) is 2. The van der Waals surface area contributed by atoms with Crippen molar-refractivity contribution < 1.29 is 0 Å². The molecule has 2 heterocycles. The normalized spacial score (nSPS) is 10.2. The fourth-order valence-corrected chi connectivity index (χ4v) is 2.15. The SMILES string of the molecule is Nc1cnc(NCc2nccs2)c(Br)c1. The van der Waals surface area contributed by atoms with Crippen LogP contribution in [0, 0.1) is 0 Å². The highest BCUT2D eigenvalue weighted by Crippen LogP contribution is 2.22. The van der Waals surface area contributed by atoms with E-state index in [0.29, 0.717) is 12.2 Å². The van der Waals surface area contributed by atoms with E-state index in [1.807, 2.05) is 11.4 Å². The molecule has 0 aromatic carbocycles. The molecule has 0 radical (unpaired) electrons. The van der Waals surface area contributed by atoms with Gasteiger partial charge in [-0.2, -0.15) is 0 Å². The van der Waals surface area contributed by atoms with Crippen LogP contribution in [-0.4, -0.2) is 9.97 Å². The molecule has 78 valence electrons. The van der Waals surface area contributed by atoms with Crippen LogP contribution in [0.1, 0.15) is 5.01 Å². The van der Waals surface area contributed by atoms with E-state index in [-0.39, 0.29) is 0 Å². The van der Waals surface area contributed by atoms with E-state index in [1.165, 1.54) is 0 Å². The Balaban J connectivity index is 2.05. The number of nitrogen functional groups attached to an aromatic ring is 1. The second-order valence-electron chi connectivity index (χ2n) is 2.88. The van der Waals surface area contributed by atoms with Gasteiger partial charge in [0.2, 0.25) is 0 Å². The first-order valence-corrected chi connectivity index (χ1v) is 5.96. The van der Waals surface area contributed by atoms with Crippen molar-refractivity contribution in [2.75, 3.05) is 11.1 Å². The third-order valence-corrected chi connectivity index (χ3v) is 3.14. The summed E-state index contributed by atoms with van der Waals surface area (Å²) in [4.78, 5) is 8.34. The molecule has 15 heavy (non-hydrogen) atoms. The van der Waals surface area contributed by atoms with E-state index >= 15 is 0 Å². The van der Waals surface area contributed by atoms with Crippen molar-refractivity contribution in [3.8, 4) is 0 Å². The van der Waals surface area contributed by atoms with E-state index in [2.05, 4.69) is 31.2 Å². The van der Waals surface area contributed by atoms with Crippen LogP contribution in [0.4, 0.5) is 11.5 Å². The molecule has 0 spiro atoms. The zero-order valence-corrected chi connectivity index (χ0v) is 10.2. The first kappa shape index (κ1) is 10.4. The third kappa shape index (κ3) is 2.66. The van der Waals surface area contributed by atoms with E-state index in [1.54, 1.807) is 23.7 Å². The van der Waals surface area contributed by atoms with E-state index in [9.17, 15) is 0 Å². The second kappa shape index (κ2) is 4.59. The molecule has 0 aliphatic heterocycles. The van der Waals surface area contributed by atoms with Crippen LogP contribution in [-0.2, 0) is 6.54 Å². The van der Waals surface area contributed by atoms with Crippen molar-refractivity contribution in [1.82, 2.24) is 9.97 Å². The third-order valence-electron chi connectivity index (χ3n) is 1.75. The molecule has 2 rings (SSSR count). The topological polar surface area (TPSA) is 63.8 Å². The highest BCUT2D eigenvalue weighted by molar-refractivity contribution is 9.10. The molecule has 0 fully saturated rings. The lowest BCUT2D eigenvalue weighted by Crippen LogP contribution is -2.02. The van der Waals surface area contributed by atoms with E-state index in [0.717, 1.165) is 15.3 Å². The molecule has 0 aliphatic carbocycles. The quantitative estimate of drug-likeness (QED) is 0.909. The monoisotopic (exact) mass is 284 g/mol. The average Bonchev–Trinajstić information content (AvgIpc) is 2.69. The van der Waals surface area contributed by atoms with E-state index < -0.39 is 0 Å². The molecule has 3 N–H and O–H groups in total. The molecule has 0 amide bonds. The Morgan fingerprint density at radius 2 is 2.33 bits per heavy atom. The molecule has 6 heteroatoms. The summed E-state index contributed by atoms with van der Waals surface area (Å²) in [6, 6.07) is 1.82. The van der Waals surface area contributed by atoms with Crippen LogP contribution in [0.15, 0.2) is 28.3 Å². The summed E-state index contributed by atoms with van der Waals surface area (Å²) < 4.78 is 0.860. The standard InChI is InChI=1S/C9H9BrN4S/c10-7-3-6(11)4-13-9(7)14-5-8-12-1-2-15-8/h1-4H,5,11H2,(H,13,14). The van der Waals surface area contributed by atoms with Gasteiger partial charge >= 0.3 is 0 Å². The molecule has 0 aliphatic rings. The van der Waals surface area contributed by atoms with Gasteiger partial charge in [-0.1, -0.05) is 0 Å². The molecule has 0 atom stereocenters.